The molecule has 0 aliphatic heterocycles. The van der Waals surface area contributed by atoms with Gasteiger partial charge in [-0.1, -0.05) is 56.1 Å². The molecule has 0 aliphatic carbocycles. The third-order valence-electron chi connectivity index (χ3n) is 3.23. The van der Waals surface area contributed by atoms with Gasteiger partial charge in [-0.25, -0.2) is 4.79 Å². The van der Waals surface area contributed by atoms with Crippen LogP contribution < -0.4 is 5.76 Å². The molecule has 102 valence electrons. The number of hydrogen-bond acceptors (Lipinski definition) is 2. The van der Waals surface area contributed by atoms with Crippen molar-refractivity contribution in [3.05, 3.63) is 68.1 Å². The number of rotatable bonds is 2. The standard InChI is InChI=1S/C15H11Br2NO2/c1-8-3-2-4-10(13(8)16)14(17)9-5-6-11-12(7-9)20-15(19)18-11/h2-7,14H,1H3,(H,18,19). The number of aromatic nitrogens is 1. The van der Waals surface area contributed by atoms with Crippen LogP contribution in [0.3, 0.4) is 0 Å². The van der Waals surface area contributed by atoms with Crippen LogP contribution in [-0.4, -0.2) is 4.98 Å². The predicted octanol–water partition coefficient (Wildman–Crippen LogP) is 4.68. The van der Waals surface area contributed by atoms with Gasteiger partial charge < -0.3 is 4.42 Å². The van der Waals surface area contributed by atoms with Gasteiger partial charge in [-0.05, 0) is 35.7 Å². The second kappa shape index (κ2) is 5.22. The Morgan fingerprint density at radius 2 is 2.05 bits per heavy atom. The number of benzene rings is 2. The van der Waals surface area contributed by atoms with Gasteiger partial charge in [0, 0.05) is 4.47 Å². The molecule has 5 heteroatoms. The van der Waals surface area contributed by atoms with E-state index in [1.807, 2.05) is 24.3 Å². The van der Waals surface area contributed by atoms with Crippen LogP contribution in [-0.2, 0) is 0 Å². The van der Waals surface area contributed by atoms with E-state index < -0.39 is 5.76 Å². The van der Waals surface area contributed by atoms with Crippen LogP contribution in [0.1, 0.15) is 21.5 Å². The fourth-order valence-corrected chi connectivity index (χ4v) is 3.63. The zero-order valence-corrected chi connectivity index (χ0v) is 13.8. The molecule has 0 radical (unpaired) electrons. The molecule has 1 heterocycles. The normalized spacial score (nSPS) is 12.8. The minimum Gasteiger partial charge on any atom is -0.408 e. The summed E-state index contributed by atoms with van der Waals surface area (Å²) in [6.45, 7) is 2.06. The number of aromatic amines is 1. The van der Waals surface area contributed by atoms with E-state index in [4.69, 9.17) is 4.42 Å². The molecule has 1 aromatic heterocycles. The Kier molecular flexibility index (Phi) is 3.56. The molecule has 0 aliphatic rings. The van der Waals surface area contributed by atoms with E-state index in [0.717, 1.165) is 15.6 Å². The zero-order chi connectivity index (χ0) is 14.3. The van der Waals surface area contributed by atoms with Gasteiger partial charge in [0.25, 0.3) is 0 Å². The zero-order valence-electron chi connectivity index (χ0n) is 10.6. The van der Waals surface area contributed by atoms with E-state index in [1.54, 1.807) is 0 Å². The lowest BCUT2D eigenvalue weighted by atomic mass is 10.0. The van der Waals surface area contributed by atoms with Crippen molar-refractivity contribution in [2.24, 2.45) is 0 Å². The lowest BCUT2D eigenvalue weighted by Crippen LogP contribution is -1.95. The summed E-state index contributed by atoms with van der Waals surface area (Å²) in [4.78, 5) is 13.9. The summed E-state index contributed by atoms with van der Waals surface area (Å²) in [7, 11) is 0. The third-order valence-corrected chi connectivity index (χ3v) is 5.34. The molecule has 20 heavy (non-hydrogen) atoms. The van der Waals surface area contributed by atoms with Gasteiger partial charge in [-0.2, -0.15) is 0 Å². The molecular formula is C15H11Br2NO2. The molecule has 3 nitrogen and oxygen atoms in total. The summed E-state index contributed by atoms with van der Waals surface area (Å²) < 4.78 is 6.19. The van der Waals surface area contributed by atoms with Crippen LogP contribution in [0, 0.1) is 6.92 Å². The maximum absolute atomic E-state index is 11.2. The summed E-state index contributed by atoms with van der Waals surface area (Å²) in [5.74, 6) is -0.431. The molecule has 0 fully saturated rings. The number of fused-ring (bicyclic) bond motifs is 1. The van der Waals surface area contributed by atoms with Crippen molar-refractivity contribution < 1.29 is 4.42 Å². The smallest absolute Gasteiger partial charge is 0.408 e. The highest BCUT2D eigenvalue weighted by molar-refractivity contribution is 9.11. The molecule has 3 rings (SSSR count). The first-order valence-electron chi connectivity index (χ1n) is 6.08. The van der Waals surface area contributed by atoms with Crippen LogP contribution in [0.2, 0.25) is 0 Å². The lowest BCUT2D eigenvalue weighted by Gasteiger charge is -2.14. The molecule has 0 spiro atoms. The van der Waals surface area contributed by atoms with E-state index in [2.05, 4.69) is 55.9 Å². The summed E-state index contributed by atoms with van der Waals surface area (Å²) in [6, 6.07) is 11.9. The molecule has 0 bridgehead atoms. The van der Waals surface area contributed by atoms with Crippen LogP contribution in [0.4, 0.5) is 0 Å². The number of alkyl halides is 1. The highest BCUT2D eigenvalue weighted by Crippen LogP contribution is 2.37. The summed E-state index contributed by atoms with van der Waals surface area (Å²) >= 11 is 7.33. The molecule has 2 aromatic carbocycles. The fourth-order valence-electron chi connectivity index (χ4n) is 2.17. The van der Waals surface area contributed by atoms with Crippen LogP contribution in [0.5, 0.6) is 0 Å². The summed E-state index contributed by atoms with van der Waals surface area (Å²) in [6.07, 6.45) is 0. The Bertz CT molecular complexity index is 835. The van der Waals surface area contributed by atoms with E-state index >= 15 is 0 Å². The monoisotopic (exact) mass is 395 g/mol. The van der Waals surface area contributed by atoms with Gasteiger partial charge >= 0.3 is 5.76 Å². The topological polar surface area (TPSA) is 46.0 Å². The number of aryl methyl sites for hydroxylation is 1. The van der Waals surface area contributed by atoms with Crippen LogP contribution in [0.25, 0.3) is 11.1 Å². The van der Waals surface area contributed by atoms with E-state index in [1.165, 1.54) is 5.56 Å². The number of hydrogen-bond donors (Lipinski definition) is 1. The summed E-state index contributed by atoms with van der Waals surface area (Å²) in [5.41, 5.74) is 4.64. The molecule has 1 N–H and O–H groups in total. The van der Waals surface area contributed by atoms with Gasteiger partial charge in [0.2, 0.25) is 0 Å². The van der Waals surface area contributed by atoms with Crippen molar-refractivity contribution in [1.29, 1.82) is 0 Å². The van der Waals surface area contributed by atoms with Crippen molar-refractivity contribution in [3.63, 3.8) is 0 Å². The van der Waals surface area contributed by atoms with E-state index in [0.29, 0.717) is 11.1 Å². The first kappa shape index (κ1) is 13.6. The molecule has 1 unspecified atom stereocenters. The van der Waals surface area contributed by atoms with Gasteiger partial charge in [-0.15, -0.1) is 0 Å². The molecule has 0 amide bonds. The first-order chi connectivity index (χ1) is 9.56. The fraction of sp³-hybridized carbons (Fsp3) is 0.133. The van der Waals surface area contributed by atoms with E-state index in [9.17, 15) is 4.79 Å². The third kappa shape index (κ3) is 2.36. The van der Waals surface area contributed by atoms with Crippen molar-refractivity contribution in [2.75, 3.05) is 0 Å². The second-order valence-corrected chi connectivity index (χ2v) is 6.32. The molecule has 0 saturated carbocycles. The van der Waals surface area contributed by atoms with Crippen molar-refractivity contribution in [3.8, 4) is 0 Å². The Balaban J connectivity index is 2.09. The predicted molar refractivity (Wildman–Crippen MR) is 86.5 cm³/mol. The van der Waals surface area contributed by atoms with Gasteiger partial charge in [0.05, 0.1) is 10.3 Å². The van der Waals surface area contributed by atoms with Crippen molar-refractivity contribution in [2.45, 2.75) is 11.8 Å². The number of halogens is 2. The molecule has 1 atom stereocenters. The van der Waals surface area contributed by atoms with Crippen molar-refractivity contribution in [1.82, 2.24) is 4.98 Å². The largest absolute Gasteiger partial charge is 0.417 e. The van der Waals surface area contributed by atoms with Crippen molar-refractivity contribution >= 4 is 43.0 Å². The Labute approximate surface area is 132 Å². The van der Waals surface area contributed by atoms with E-state index in [-0.39, 0.29) is 4.83 Å². The van der Waals surface area contributed by atoms with Crippen LogP contribution in [0.15, 0.2) is 50.1 Å². The maximum Gasteiger partial charge on any atom is 0.417 e. The maximum atomic E-state index is 11.2. The average molecular weight is 397 g/mol. The number of H-pyrrole nitrogens is 1. The van der Waals surface area contributed by atoms with Gasteiger partial charge in [0.1, 0.15) is 0 Å². The first-order valence-corrected chi connectivity index (χ1v) is 7.79. The summed E-state index contributed by atoms with van der Waals surface area (Å²) in [5, 5.41) is 0. The van der Waals surface area contributed by atoms with Gasteiger partial charge in [-0.3, -0.25) is 4.98 Å². The Morgan fingerprint density at radius 1 is 1.25 bits per heavy atom. The Morgan fingerprint density at radius 3 is 2.85 bits per heavy atom. The van der Waals surface area contributed by atoms with Crippen LogP contribution >= 0.6 is 31.9 Å². The average Bonchev–Trinajstić information content (AvgIpc) is 2.80. The number of oxazole rings is 1. The SMILES string of the molecule is Cc1cccc(C(Br)c2ccc3[nH]c(=O)oc3c2)c1Br. The minimum absolute atomic E-state index is 0.0291. The second-order valence-electron chi connectivity index (χ2n) is 4.61. The van der Waals surface area contributed by atoms with Gasteiger partial charge in [0.15, 0.2) is 5.58 Å². The highest BCUT2D eigenvalue weighted by Gasteiger charge is 2.15. The number of nitrogens with one attached hydrogen (secondary N) is 1. The molecule has 3 aromatic rings. The molecule has 0 saturated heterocycles. The quantitative estimate of drug-likeness (QED) is 0.639. The Hall–Kier alpha value is -1.33. The minimum atomic E-state index is -0.431. The highest BCUT2D eigenvalue weighted by atomic mass is 79.9. The molecular weight excluding hydrogens is 386 g/mol. The lowest BCUT2D eigenvalue weighted by molar-refractivity contribution is 0.555.